The minimum Gasteiger partial charge on any atom is -0.353 e. The van der Waals surface area contributed by atoms with E-state index in [9.17, 15) is 4.79 Å². The van der Waals surface area contributed by atoms with Gasteiger partial charge in [-0.3, -0.25) is 9.69 Å². The molecule has 1 aliphatic rings. The molecule has 0 unspecified atom stereocenters. The molecule has 1 amide bonds. The molecule has 0 aliphatic heterocycles. The molecule has 120 valence electrons. The number of hydrogen-bond donors (Lipinski definition) is 1. The first-order valence-electron chi connectivity index (χ1n) is 8.36. The van der Waals surface area contributed by atoms with Crippen LogP contribution in [0.25, 0.3) is 10.8 Å². The van der Waals surface area contributed by atoms with E-state index in [1.807, 2.05) is 0 Å². The van der Waals surface area contributed by atoms with E-state index in [2.05, 4.69) is 59.3 Å². The lowest BCUT2D eigenvalue weighted by Gasteiger charge is -2.22. The maximum Gasteiger partial charge on any atom is 0.221 e. The maximum absolute atomic E-state index is 11.8. The molecule has 3 rings (SSSR count). The van der Waals surface area contributed by atoms with Crippen molar-refractivity contribution in [3.63, 3.8) is 0 Å². The number of rotatable bonds is 8. The first-order valence-corrected chi connectivity index (χ1v) is 8.36. The first kappa shape index (κ1) is 15.8. The summed E-state index contributed by atoms with van der Waals surface area (Å²) in [5.74, 6) is 0.105. The standard InChI is InChI=1S/C20H24N2O/c1-2-13-21-20(23)12-14-22(18-10-11-18)15-17-8-5-7-16-6-3-4-9-19(16)17/h2-9,18H,1,10-15H2,(H,21,23). The van der Waals surface area contributed by atoms with E-state index < -0.39 is 0 Å². The Morgan fingerprint density at radius 2 is 2.00 bits per heavy atom. The molecule has 2 aromatic rings. The van der Waals surface area contributed by atoms with Crippen molar-refractivity contribution in [1.29, 1.82) is 0 Å². The molecule has 1 aliphatic carbocycles. The van der Waals surface area contributed by atoms with Gasteiger partial charge in [0.25, 0.3) is 0 Å². The van der Waals surface area contributed by atoms with Crippen LogP contribution >= 0.6 is 0 Å². The Kier molecular flexibility index (Phi) is 5.09. The van der Waals surface area contributed by atoms with Crippen molar-refractivity contribution >= 4 is 16.7 Å². The first-order chi connectivity index (χ1) is 11.3. The number of amides is 1. The third kappa shape index (κ3) is 4.20. The third-order valence-electron chi connectivity index (χ3n) is 4.39. The monoisotopic (exact) mass is 308 g/mol. The summed E-state index contributed by atoms with van der Waals surface area (Å²) in [6.45, 7) is 5.91. The van der Waals surface area contributed by atoms with Crippen LogP contribution in [0.15, 0.2) is 55.1 Å². The highest BCUT2D eigenvalue weighted by Crippen LogP contribution is 2.30. The lowest BCUT2D eigenvalue weighted by atomic mass is 10.0. The quantitative estimate of drug-likeness (QED) is 0.757. The molecular formula is C20H24N2O. The molecule has 0 atom stereocenters. The summed E-state index contributed by atoms with van der Waals surface area (Å²) >= 11 is 0. The van der Waals surface area contributed by atoms with Gasteiger partial charge in [-0.2, -0.15) is 0 Å². The topological polar surface area (TPSA) is 32.3 Å². The highest BCUT2D eigenvalue weighted by Gasteiger charge is 2.29. The molecule has 1 fully saturated rings. The summed E-state index contributed by atoms with van der Waals surface area (Å²) in [5.41, 5.74) is 1.35. The van der Waals surface area contributed by atoms with E-state index in [1.54, 1.807) is 6.08 Å². The van der Waals surface area contributed by atoms with E-state index in [0.29, 0.717) is 19.0 Å². The summed E-state index contributed by atoms with van der Waals surface area (Å²) < 4.78 is 0. The summed E-state index contributed by atoms with van der Waals surface area (Å²) in [6, 6.07) is 15.6. The van der Waals surface area contributed by atoms with Gasteiger partial charge in [0.2, 0.25) is 5.91 Å². The molecule has 0 bridgehead atoms. The van der Waals surface area contributed by atoms with E-state index in [-0.39, 0.29) is 5.91 Å². The van der Waals surface area contributed by atoms with Crippen molar-refractivity contribution in [2.45, 2.75) is 31.8 Å². The smallest absolute Gasteiger partial charge is 0.221 e. The van der Waals surface area contributed by atoms with Crippen LogP contribution in [0.5, 0.6) is 0 Å². The highest BCUT2D eigenvalue weighted by atomic mass is 16.1. The molecule has 3 heteroatoms. The number of hydrogen-bond acceptors (Lipinski definition) is 2. The van der Waals surface area contributed by atoms with Crippen LogP contribution in [0.3, 0.4) is 0 Å². The van der Waals surface area contributed by atoms with Gasteiger partial charge in [-0.15, -0.1) is 6.58 Å². The van der Waals surface area contributed by atoms with Crippen LogP contribution in [-0.4, -0.2) is 29.9 Å². The second-order valence-corrected chi connectivity index (χ2v) is 6.18. The van der Waals surface area contributed by atoms with Gasteiger partial charge < -0.3 is 5.32 Å². The van der Waals surface area contributed by atoms with E-state index >= 15 is 0 Å². The van der Waals surface area contributed by atoms with Crippen LogP contribution < -0.4 is 5.32 Å². The SMILES string of the molecule is C=CCNC(=O)CCN(Cc1cccc2ccccc12)C1CC1. The van der Waals surface area contributed by atoms with Gasteiger partial charge in [0, 0.05) is 32.1 Å². The largest absolute Gasteiger partial charge is 0.353 e. The van der Waals surface area contributed by atoms with Crippen molar-refractivity contribution in [3.8, 4) is 0 Å². The number of nitrogens with one attached hydrogen (secondary N) is 1. The number of carbonyl (C=O) groups is 1. The van der Waals surface area contributed by atoms with Gasteiger partial charge in [0.1, 0.15) is 0 Å². The minimum atomic E-state index is 0.105. The third-order valence-corrected chi connectivity index (χ3v) is 4.39. The molecule has 0 saturated heterocycles. The molecule has 3 nitrogen and oxygen atoms in total. The lowest BCUT2D eigenvalue weighted by Crippen LogP contribution is -2.32. The average Bonchev–Trinajstić information content (AvgIpc) is 3.41. The Bertz CT molecular complexity index is 686. The van der Waals surface area contributed by atoms with Crippen LogP contribution in [0.4, 0.5) is 0 Å². The van der Waals surface area contributed by atoms with E-state index in [0.717, 1.165) is 13.1 Å². The predicted molar refractivity (Wildman–Crippen MR) is 95.2 cm³/mol. The van der Waals surface area contributed by atoms with Gasteiger partial charge >= 0.3 is 0 Å². The zero-order valence-corrected chi connectivity index (χ0v) is 13.5. The molecule has 0 radical (unpaired) electrons. The number of carbonyl (C=O) groups excluding carboxylic acids is 1. The Labute approximate surface area is 138 Å². The summed E-state index contributed by atoms with van der Waals surface area (Å²) in [7, 11) is 0. The van der Waals surface area contributed by atoms with E-state index in [1.165, 1.54) is 29.2 Å². The van der Waals surface area contributed by atoms with Crippen molar-refractivity contribution in [3.05, 3.63) is 60.7 Å². The molecule has 0 heterocycles. The van der Waals surface area contributed by atoms with Crippen molar-refractivity contribution < 1.29 is 4.79 Å². The predicted octanol–water partition coefficient (Wildman–Crippen LogP) is 3.50. The van der Waals surface area contributed by atoms with Gasteiger partial charge in [-0.1, -0.05) is 48.5 Å². The summed E-state index contributed by atoms with van der Waals surface area (Å²) in [4.78, 5) is 14.3. The molecule has 0 aromatic heterocycles. The Morgan fingerprint density at radius 3 is 2.78 bits per heavy atom. The average molecular weight is 308 g/mol. The van der Waals surface area contributed by atoms with Crippen LogP contribution in [0, 0.1) is 0 Å². The number of nitrogens with zero attached hydrogens (tertiary/aromatic N) is 1. The maximum atomic E-state index is 11.8. The van der Waals surface area contributed by atoms with Crippen molar-refractivity contribution in [2.24, 2.45) is 0 Å². The lowest BCUT2D eigenvalue weighted by molar-refractivity contribution is -0.121. The summed E-state index contributed by atoms with van der Waals surface area (Å²) in [6.07, 6.45) is 4.76. The van der Waals surface area contributed by atoms with Gasteiger partial charge in [0.05, 0.1) is 0 Å². The molecule has 2 aromatic carbocycles. The fraction of sp³-hybridized carbons (Fsp3) is 0.350. The minimum absolute atomic E-state index is 0.105. The zero-order valence-electron chi connectivity index (χ0n) is 13.5. The normalized spacial score (nSPS) is 14.1. The van der Waals surface area contributed by atoms with Crippen molar-refractivity contribution in [1.82, 2.24) is 10.2 Å². The van der Waals surface area contributed by atoms with Crippen LogP contribution in [-0.2, 0) is 11.3 Å². The second-order valence-electron chi connectivity index (χ2n) is 6.18. The summed E-state index contributed by atoms with van der Waals surface area (Å²) in [5, 5.41) is 5.46. The molecule has 1 N–H and O–H groups in total. The fourth-order valence-corrected chi connectivity index (χ4v) is 3.00. The Hall–Kier alpha value is -2.13. The molecular weight excluding hydrogens is 284 g/mol. The number of benzene rings is 2. The molecule has 23 heavy (non-hydrogen) atoms. The van der Waals surface area contributed by atoms with Crippen molar-refractivity contribution in [2.75, 3.05) is 13.1 Å². The Morgan fingerprint density at radius 1 is 1.22 bits per heavy atom. The van der Waals surface area contributed by atoms with Gasteiger partial charge in [-0.05, 0) is 29.2 Å². The van der Waals surface area contributed by atoms with Crippen LogP contribution in [0.2, 0.25) is 0 Å². The molecule has 0 spiro atoms. The Balaban J connectivity index is 1.67. The fourth-order valence-electron chi connectivity index (χ4n) is 3.00. The number of fused-ring (bicyclic) bond motifs is 1. The zero-order chi connectivity index (χ0) is 16.1. The highest BCUT2D eigenvalue weighted by molar-refractivity contribution is 5.85. The molecule has 1 saturated carbocycles. The van der Waals surface area contributed by atoms with Crippen LogP contribution in [0.1, 0.15) is 24.8 Å². The second kappa shape index (κ2) is 7.42. The van der Waals surface area contributed by atoms with E-state index in [4.69, 9.17) is 0 Å². The van der Waals surface area contributed by atoms with Gasteiger partial charge in [0.15, 0.2) is 0 Å². The van der Waals surface area contributed by atoms with Gasteiger partial charge in [-0.25, -0.2) is 0 Å².